The minimum Gasteiger partial charge on any atom is -0.489 e. The molecule has 0 fully saturated rings. The number of hydrogen-bond donors (Lipinski definition) is 0. The summed E-state index contributed by atoms with van der Waals surface area (Å²) in [4.78, 5) is 27.7. The van der Waals surface area contributed by atoms with Gasteiger partial charge in [0.1, 0.15) is 24.1 Å². The van der Waals surface area contributed by atoms with Crippen molar-refractivity contribution in [3.05, 3.63) is 93.8 Å². The largest absolute Gasteiger partial charge is 0.489 e. The van der Waals surface area contributed by atoms with Crippen LogP contribution in [0, 0.1) is 17.0 Å². The summed E-state index contributed by atoms with van der Waals surface area (Å²) >= 11 is 0. The molecule has 2 aromatic carbocycles. The van der Waals surface area contributed by atoms with Crippen LogP contribution in [0.15, 0.2) is 67.0 Å². The molecule has 1 unspecified atom stereocenters. The number of ether oxygens (including phenoxy) is 3. The number of benzene rings is 2. The van der Waals surface area contributed by atoms with Crippen LogP contribution in [-0.4, -0.2) is 21.5 Å². The fourth-order valence-corrected chi connectivity index (χ4v) is 3.50. The van der Waals surface area contributed by atoms with Crippen LogP contribution in [0.2, 0.25) is 0 Å². The summed E-state index contributed by atoms with van der Waals surface area (Å²) in [5.74, 6) is 0.129. The number of nitro benzene ring substituents is 1. The van der Waals surface area contributed by atoms with Gasteiger partial charge in [-0.3, -0.25) is 19.9 Å². The molecule has 1 aromatic heterocycles. The highest BCUT2D eigenvalue weighted by Crippen LogP contribution is 2.37. The Morgan fingerprint density at radius 2 is 1.89 bits per heavy atom. The molecule has 3 rings (SSSR count). The maximum Gasteiger partial charge on any atom is 0.311 e. The van der Waals surface area contributed by atoms with Gasteiger partial charge in [0.25, 0.3) is 0 Å². The third kappa shape index (κ3) is 7.81. The molecule has 0 bridgehead atoms. The number of aryl methyl sites for hydroxylation is 1. The monoisotopic (exact) mass is 478 g/mol. The second kappa shape index (κ2) is 11.5. The van der Waals surface area contributed by atoms with Crippen LogP contribution < -0.4 is 9.47 Å². The lowest BCUT2D eigenvalue weighted by Gasteiger charge is -2.23. The van der Waals surface area contributed by atoms with Gasteiger partial charge in [-0.1, -0.05) is 30.3 Å². The number of pyridine rings is 1. The summed E-state index contributed by atoms with van der Waals surface area (Å²) in [5, 5.41) is 11.7. The summed E-state index contributed by atoms with van der Waals surface area (Å²) in [6, 6.07) is 15.7. The molecule has 35 heavy (non-hydrogen) atoms. The van der Waals surface area contributed by atoms with Gasteiger partial charge in [0, 0.05) is 36.5 Å². The van der Waals surface area contributed by atoms with Gasteiger partial charge in [0.2, 0.25) is 5.75 Å². The van der Waals surface area contributed by atoms with E-state index < -0.39 is 16.6 Å². The zero-order valence-corrected chi connectivity index (χ0v) is 20.4. The summed E-state index contributed by atoms with van der Waals surface area (Å²) < 4.78 is 17.5. The molecule has 1 atom stereocenters. The van der Waals surface area contributed by atoms with Crippen molar-refractivity contribution in [2.75, 3.05) is 0 Å². The first-order valence-corrected chi connectivity index (χ1v) is 11.4. The standard InChI is InChI=1S/C27H30N2O6/c1-19-8-5-6-10-22(19)24(13-14-26(30)35-27(2,3)4)34-25-16-21(11-12-23(25)29(31)32)33-18-20-9-7-15-28-17-20/h5-12,15-17,24H,13-14,18H2,1-4H3. The van der Waals surface area contributed by atoms with E-state index in [1.165, 1.54) is 18.2 Å². The number of carbonyl (C=O) groups excluding carboxylic acids is 1. The molecule has 184 valence electrons. The van der Waals surface area contributed by atoms with E-state index in [-0.39, 0.29) is 36.9 Å². The number of esters is 1. The highest BCUT2D eigenvalue weighted by molar-refractivity contribution is 5.70. The van der Waals surface area contributed by atoms with Gasteiger partial charge in [-0.15, -0.1) is 0 Å². The van der Waals surface area contributed by atoms with Crippen LogP contribution in [0.5, 0.6) is 11.5 Å². The maximum atomic E-state index is 12.4. The molecule has 8 heteroatoms. The fraction of sp³-hybridized carbons (Fsp3) is 0.333. The SMILES string of the molecule is Cc1ccccc1C(CCC(=O)OC(C)(C)C)Oc1cc(OCc2cccnc2)ccc1[N+](=O)[O-]. The lowest BCUT2D eigenvalue weighted by atomic mass is 9.99. The van der Waals surface area contributed by atoms with E-state index in [2.05, 4.69) is 4.98 Å². The summed E-state index contributed by atoms with van der Waals surface area (Å²) in [5.41, 5.74) is 1.87. The average Bonchev–Trinajstić information content (AvgIpc) is 2.80. The molecule has 0 radical (unpaired) electrons. The number of rotatable bonds is 10. The van der Waals surface area contributed by atoms with E-state index >= 15 is 0 Å². The molecule has 3 aromatic rings. The smallest absolute Gasteiger partial charge is 0.311 e. The second-order valence-electron chi connectivity index (χ2n) is 9.12. The molecule has 0 saturated carbocycles. The van der Waals surface area contributed by atoms with Crippen molar-refractivity contribution in [2.45, 2.75) is 58.8 Å². The van der Waals surface area contributed by atoms with E-state index in [0.29, 0.717) is 5.75 Å². The zero-order chi connectivity index (χ0) is 25.4. The van der Waals surface area contributed by atoms with Crippen LogP contribution in [0.3, 0.4) is 0 Å². The fourth-order valence-electron chi connectivity index (χ4n) is 3.50. The Hall–Kier alpha value is -3.94. The van der Waals surface area contributed by atoms with Gasteiger partial charge in [-0.05, 0) is 57.4 Å². The van der Waals surface area contributed by atoms with Crippen molar-refractivity contribution in [3.63, 3.8) is 0 Å². The van der Waals surface area contributed by atoms with Crippen molar-refractivity contribution >= 4 is 11.7 Å². The first-order chi connectivity index (χ1) is 16.6. The van der Waals surface area contributed by atoms with Crippen LogP contribution in [0.4, 0.5) is 5.69 Å². The Kier molecular flexibility index (Phi) is 8.41. The number of aromatic nitrogens is 1. The molecule has 0 aliphatic heterocycles. The van der Waals surface area contributed by atoms with Crippen LogP contribution >= 0.6 is 0 Å². The van der Waals surface area contributed by atoms with Crippen LogP contribution in [-0.2, 0) is 16.1 Å². The third-order valence-corrected chi connectivity index (χ3v) is 5.09. The van der Waals surface area contributed by atoms with E-state index in [4.69, 9.17) is 14.2 Å². The van der Waals surface area contributed by atoms with Crippen LogP contribution in [0.1, 0.15) is 56.4 Å². The first kappa shape index (κ1) is 25.7. The Balaban J connectivity index is 1.85. The molecular weight excluding hydrogens is 448 g/mol. The Bertz CT molecular complexity index is 1160. The number of nitrogens with zero attached hydrogens (tertiary/aromatic N) is 2. The van der Waals surface area contributed by atoms with Gasteiger partial charge >= 0.3 is 11.7 Å². The summed E-state index contributed by atoms with van der Waals surface area (Å²) in [7, 11) is 0. The van der Waals surface area contributed by atoms with E-state index in [9.17, 15) is 14.9 Å². The van der Waals surface area contributed by atoms with E-state index in [0.717, 1.165) is 16.7 Å². The van der Waals surface area contributed by atoms with E-state index in [1.54, 1.807) is 39.2 Å². The molecule has 0 aliphatic rings. The summed E-state index contributed by atoms with van der Waals surface area (Å²) in [6.45, 7) is 7.60. The minimum absolute atomic E-state index is 0.0659. The lowest BCUT2D eigenvalue weighted by molar-refractivity contribution is -0.386. The second-order valence-corrected chi connectivity index (χ2v) is 9.12. The molecule has 0 spiro atoms. The lowest BCUT2D eigenvalue weighted by Crippen LogP contribution is -2.24. The van der Waals surface area contributed by atoms with Gasteiger partial charge < -0.3 is 14.2 Å². The first-order valence-electron chi connectivity index (χ1n) is 11.4. The van der Waals surface area contributed by atoms with Gasteiger partial charge in [0.05, 0.1) is 4.92 Å². The molecule has 0 amide bonds. The average molecular weight is 479 g/mol. The molecule has 0 N–H and O–H groups in total. The van der Waals surface area contributed by atoms with Crippen molar-refractivity contribution < 1.29 is 23.9 Å². The quantitative estimate of drug-likeness (QED) is 0.197. The molecule has 0 saturated heterocycles. The Labute approximate surface area is 205 Å². The molecule has 0 aliphatic carbocycles. The normalized spacial score (nSPS) is 12.0. The number of carbonyl (C=O) groups is 1. The number of nitro groups is 1. The van der Waals surface area contributed by atoms with Gasteiger partial charge in [-0.25, -0.2) is 0 Å². The van der Waals surface area contributed by atoms with Crippen LogP contribution in [0.25, 0.3) is 0 Å². The van der Waals surface area contributed by atoms with Gasteiger partial charge in [-0.2, -0.15) is 0 Å². The molecular formula is C27H30N2O6. The maximum absolute atomic E-state index is 12.4. The van der Waals surface area contributed by atoms with Crippen molar-refractivity contribution in [3.8, 4) is 11.5 Å². The minimum atomic E-state index is -0.602. The highest BCUT2D eigenvalue weighted by atomic mass is 16.6. The van der Waals surface area contributed by atoms with Gasteiger partial charge in [0.15, 0.2) is 0 Å². The van der Waals surface area contributed by atoms with Crippen molar-refractivity contribution in [1.29, 1.82) is 0 Å². The predicted molar refractivity (Wildman–Crippen MR) is 131 cm³/mol. The zero-order valence-electron chi connectivity index (χ0n) is 20.4. The predicted octanol–water partition coefficient (Wildman–Crippen LogP) is 6.12. The van der Waals surface area contributed by atoms with Crippen molar-refractivity contribution in [1.82, 2.24) is 4.98 Å². The Morgan fingerprint density at radius 3 is 2.54 bits per heavy atom. The van der Waals surface area contributed by atoms with Crippen molar-refractivity contribution in [2.24, 2.45) is 0 Å². The number of hydrogen-bond acceptors (Lipinski definition) is 7. The third-order valence-electron chi connectivity index (χ3n) is 5.09. The molecule has 1 heterocycles. The van der Waals surface area contributed by atoms with E-state index in [1.807, 2.05) is 37.3 Å². The Morgan fingerprint density at radius 1 is 1.11 bits per heavy atom. The topological polar surface area (TPSA) is 101 Å². The summed E-state index contributed by atoms with van der Waals surface area (Å²) in [6.07, 6.45) is 3.15. The molecule has 8 nitrogen and oxygen atoms in total. The highest BCUT2D eigenvalue weighted by Gasteiger charge is 2.25.